The summed E-state index contributed by atoms with van der Waals surface area (Å²) in [4.78, 5) is 21.6. The number of hydrogen-bond donors (Lipinski definition) is 0. The molecule has 0 N–H and O–H groups in total. The summed E-state index contributed by atoms with van der Waals surface area (Å²) in [7, 11) is 0. The Morgan fingerprint density at radius 1 is 0.829 bits per heavy atom. The summed E-state index contributed by atoms with van der Waals surface area (Å²) in [5, 5.41) is 3.44. The standard InChI is InChI=1S/C29H25N3O3/c33-29(26-12-5-19-34-26)32-17-15-31(16-18-32)27-14-13-22-8-4-11-25(28(22)30-27)35-20-23-9-3-7-21-6-1-2-10-24(21)23/h1-14,19H,15-18,20H2. The van der Waals surface area contributed by atoms with E-state index >= 15 is 0 Å². The first-order valence-corrected chi connectivity index (χ1v) is 11.8. The molecule has 1 amide bonds. The van der Waals surface area contributed by atoms with E-state index in [2.05, 4.69) is 59.5 Å². The van der Waals surface area contributed by atoms with Gasteiger partial charge in [-0.05, 0) is 46.7 Å². The van der Waals surface area contributed by atoms with Crippen LogP contribution < -0.4 is 9.64 Å². The fraction of sp³-hybridized carbons (Fsp3) is 0.172. The fourth-order valence-corrected chi connectivity index (χ4v) is 4.67. The zero-order chi connectivity index (χ0) is 23.6. The number of para-hydroxylation sites is 1. The molecule has 174 valence electrons. The highest BCUT2D eigenvalue weighted by atomic mass is 16.5. The Hall–Kier alpha value is -4.32. The Balaban J connectivity index is 1.20. The maximum absolute atomic E-state index is 12.6. The first-order valence-electron chi connectivity index (χ1n) is 11.8. The summed E-state index contributed by atoms with van der Waals surface area (Å²) in [6, 6.07) is 28.2. The van der Waals surface area contributed by atoms with E-state index < -0.39 is 0 Å². The number of rotatable bonds is 5. The molecule has 0 unspecified atom stereocenters. The van der Waals surface area contributed by atoms with E-state index in [1.807, 2.05) is 23.1 Å². The molecule has 1 aliphatic heterocycles. The molecule has 2 aromatic heterocycles. The van der Waals surface area contributed by atoms with Gasteiger partial charge in [0.05, 0.1) is 6.26 Å². The number of amides is 1. The Labute approximate surface area is 203 Å². The molecule has 0 aliphatic carbocycles. The summed E-state index contributed by atoms with van der Waals surface area (Å²) in [5.41, 5.74) is 1.99. The number of anilines is 1. The van der Waals surface area contributed by atoms with Crippen molar-refractivity contribution in [3.05, 3.63) is 103 Å². The summed E-state index contributed by atoms with van der Waals surface area (Å²) in [5.74, 6) is 1.98. The molecule has 3 heterocycles. The normalized spacial score (nSPS) is 13.9. The van der Waals surface area contributed by atoms with Crippen LogP contribution in [0.4, 0.5) is 5.82 Å². The minimum Gasteiger partial charge on any atom is -0.487 e. The third-order valence-corrected chi connectivity index (χ3v) is 6.55. The predicted octanol–water partition coefficient (Wildman–Crippen LogP) is 5.52. The van der Waals surface area contributed by atoms with Gasteiger partial charge in [0.1, 0.15) is 23.7 Å². The number of fused-ring (bicyclic) bond motifs is 2. The van der Waals surface area contributed by atoms with Gasteiger partial charge in [0.2, 0.25) is 0 Å². The molecule has 5 aromatic rings. The molecule has 0 saturated carbocycles. The number of aromatic nitrogens is 1. The number of hydrogen-bond acceptors (Lipinski definition) is 5. The molecule has 1 saturated heterocycles. The van der Waals surface area contributed by atoms with E-state index in [-0.39, 0.29) is 5.91 Å². The second-order valence-corrected chi connectivity index (χ2v) is 8.68. The number of piperazine rings is 1. The summed E-state index contributed by atoms with van der Waals surface area (Å²) in [6.07, 6.45) is 1.53. The van der Waals surface area contributed by atoms with Crippen LogP contribution in [0, 0.1) is 0 Å². The molecule has 0 radical (unpaired) electrons. The highest BCUT2D eigenvalue weighted by molar-refractivity contribution is 5.91. The Bertz CT molecular complexity index is 1480. The smallest absolute Gasteiger partial charge is 0.289 e. The van der Waals surface area contributed by atoms with Crippen LogP contribution in [-0.4, -0.2) is 42.0 Å². The van der Waals surface area contributed by atoms with Gasteiger partial charge in [-0.2, -0.15) is 0 Å². The molecule has 6 nitrogen and oxygen atoms in total. The Morgan fingerprint density at radius 3 is 2.49 bits per heavy atom. The van der Waals surface area contributed by atoms with Crippen LogP contribution in [-0.2, 0) is 6.61 Å². The van der Waals surface area contributed by atoms with Crippen molar-refractivity contribution in [2.75, 3.05) is 31.1 Å². The molecule has 3 aromatic carbocycles. The highest BCUT2D eigenvalue weighted by Gasteiger charge is 2.24. The average Bonchev–Trinajstić information content (AvgIpc) is 3.46. The molecule has 0 spiro atoms. The third kappa shape index (κ3) is 4.19. The molecule has 0 bridgehead atoms. The van der Waals surface area contributed by atoms with Crippen molar-refractivity contribution >= 4 is 33.4 Å². The van der Waals surface area contributed by atoms with Gasteiger partial charge in [0, 0.05) is 31.6 Å². The van der Waals surface area contributed by atoms with E-state index in [0.717, 1.165) is 28.0 Å². The van der Waals surface area contributed by atoms with Gasteiger partial charge in [-0.15, -0.1) is 0 Å². The van der Waals surface area contributed by atoms with E-state index in [1.54, 1.807) is 12.1 Å². The molecule has 0 atom stereocenters. The van der Waals surface area contributed by atoms with Crippen molar-refractivity contribution in [1.82, 2.24) is 9.88 Å². The average molecular weight is 464 g/mol. The number of ether oxygens (including phenoxy) is 1. The van der Waals surface area contributed by atoms with Crippen molar-refractivity contribution < 1.29 is 13.9 Å². The Kier molecular flexibility index (Phi) is 5.54. The minimum atomic E-state index is -0.0646. The molecule has 35 heavy (non-hydrogen) atoms. The summed E-state index contributed by atoms with van der Waals surface area (Å²) in [6.45, 7) is 3.14. The first-order chi connectivity index (χ1) is 17.3. The number of carbonyl (C=O) groups is 1. The van der Waals surface area contributed by atoms with E-state index in [0.29, 0.717) is 38.5 Å². The number of carbonyl (C=O) groups excluding carboxylic acids is 1. The molecular weight excluding hydrogens is 438 g/mol. The number of benzene rings is 3. The lowest BCUT2D eigenvalue weighted by molar-refractivity contribution is 0.0714. The fourth-order valence-electron chi connectivity index (χ4n) is 4.67. The number of nitrogens with zero attached hydrogens (tertiary/aromatic N) is 3. The van der Waals surface area contributed by atoms with Crippen molar-refractivity contribution in [3.8, 4) is 5.75 Å². The molecule has 6 heteroatoms. The lowest BCUT2D eigenvalue weighted by Gasteiger charge is -2.35. The first kappa shape index (κ1) is 21.2. The predicted molar refractivity (Wildman–Crippen MR) is 137 cm³/mol. The van der Waals surface area contributed by atoms with Crippen LogP contribution in [0.1, 0.15) is 16.1 Å². The topological polar surface area (TPSA) is 58.8 Å². The van der Waals surface area contributed by atoms with Crippen molar-refractivity contribution in [1.29, 1.82) is 0 Å². The van der Waals surface area contributed by atoms with Crippen LogP contribution in [0.5, 0.6) is 5.75 Å². The van der Waals surface area contributed by atoms with Crippen LogP contribution in [0.2, 0.25) is 0 Å². The van der Waals surface area contributed by atoms with Gasteiger partial charge in [-0.25, -0.2) is 4.98 Å². The van der Waals surface area contributed by atoms with Crippen molar-refractivity contribution in [2.45, 2.75) is 6.61 Å². The lowest BCUT2D eigenvalue weighted by Crippen LogP contribution is -2.49. The largest absolute Gasteiger partial charge is 0.487 e. The SMILES string of the molecule is O=C(c1ccco1)N1CCN(c2ccc3cccc(OCc4cccc5ccccc45)c3n2)CC1. The minimum absolute atomic E-state index is 0.0646. The molecule has 6 rings (SSSR count). The van der Waals surface area contributed by atoms with Gasteiger partial charge in [0.15, 0.2) is 5.76 Å². The lowest BCUT2D eigenvalue weighted by atomic mass is 10.1. The van der Waals surface area contributed by atoms with Gasteiger partial charge >= 0.3 is 0 Å². The van der Waals surface area contributed by atoms with Crippen molar-refractivity contribution in [3.63, 3.8) is 0 Å². The molecule has 1 aliphatic rings. The van der Waals surface area contributed by atoms with Crippen LogP contribution in [0.3, 0.4) is 0 Å². The summed E-state index contributed by atoms with van der Waals surface area (Å²) >= 11 is 0. The highest BCUT2D eigenvalue weighted by Crippen LogP contribution is 2.29. The van der Waals surface area contributed by atoms with Gasteiger partial charge in [-0.3, -0.25) is 4.79 Å². The third-order valence-electron chi connectivity index (χ3n) is 6.55. The number of furan rings is 1. The second kappa shape index (κ2) is 9.14. The zero-order valence-electron chi connectivity index (χ0n) is 19.3. The second-order valence-electron chi connectivity index (χ2n) is 8.68. The maximum atomic E-state index is 12.6. The molecule has 1 fully saturated rings. The van der Waals surface area contributed by atoms with Crippen LogP contribution in [0.25, 0.3) is 21.7 Å². The van der Waals surface area contributed by atoms with E-state index in [9.17, 15) is 4.79 Å². The van der Waals surface area contributed by atoms with Crippen LogP contribution in [0.15, 0.2) is 95.6 Å². The summed E-state index contributed by atoms with van der Waals surface area (Å²) < 4.78 is 11.6. The van der Waals surface area contributed by atoms with Crippen molar-refractivity contribution in [2.24, 2.45) is 0 Å². The monoisotopic (exact) mass is 463 g/mol. The quantitative estimate of drug-likeness (QED) is 0.343. The van der Waals surface area contributed by atoms with Gasteiger partial charge in [0.25, 0.3) is 5.91 Å². The van der Waals surface area contributed by atoms with Crippen LogP contribution >= 0.6 is 0 Å². The van der Waals surface area contributed by atoms with E-state index in [4.69, 9.17) is 14.1 Å². The maximum Gasteiger partial charge on any atom is 0.289 e. The molecular formula is C29H25N3O3. The van der Waals surface area contributed by atoms with Gasteiger partial charge in [-0.1, -0.05) is 54.6 Å². The Morgan fingerprint density at radius 2 is 1.63 bits per heavy atom. The number of pyridine rings is 1. The van der Waals surface area contributed by atoms with E-state index in [1.165, 1.54) is 17.0 Å². The zero-order valence-corrected chi connectivity index (χ0v) is 19.3. The van der Waals surface area contributed by atoms with Gasteiger partial charge < -0.3 is 19.0 Å².